The van der Waals surface area contributed by atoms with Crippen LogP contribution >= 0.6 is 0 Å². The number of aryl methyl sites for hydroxylation is 1. The number of fused-ring (bicyclic) bond motifs is 4. The van der Waals surface area contributed by atoms with Gasteiger partial charge in [0.25, 0.3) is 11.2 Å². The molecule has 1 N–H and O–H groups in total. The number of nitro benzene ring substituents is 1. The third kappa shape index (κ3) is 2.74. The first-order chi connectivity index (χ1) is 14.9. The number of hydrogen-bond donors (Lipinski definition) is 1. The predicted octanol–water partition coefficient (Wildman–Crippen LogP) is 3.89. The van der Waals surface area contributed by atoms with Crippen molar-refractivity contribution in [2.75, 3.05) is 0 Å². The van der Waals surface area contributed by atoms with E-state index in [4.69, 9.17) is 4.74 Å². The van der Waals surface area contributed by atoms with Gasteiger partial charge >= 0.3 is 0 Å². The number of hydrogen-bond acceptors (Lipinski definition) is 6. The first kappa shape index (κ1) is 18.7. The van der Waals surface area contributed by atoms with Crippen LogP contribution in [0.2, 0.25) is 0 Å². The summed E-state index contributed by atoms with van der Waals surface area (Å²) in [4.78, 5) is 43.3. The van der Waals surface area contributed by atoms with Crippen LogP contribution in [0.25, 0.3) is 10.9 Å². The van der Waals surface area contributed by atoms with E-state index in [0.29, 0.717) is 33.7 Å². The highest BCUT2D eigenvalue weighted by Crippen LogP contribution is 2.49. The molecule has 1 aliphatic rings. The van der Waals surface area contributed by atoms with E-state index in [1.165, 1.54) is 23.6 Å². The second-order valence-electron chi connectivity index (χ2n) is 7.34. The lowest BCUT2D eigenvalue weighted by Crippen LogP contribution is -2.27. The Morgan fingerprint density at radius 1 is 1.19 bits per heavy atom. The first-order valence-electron chi connectivity index (χ1n) is 9.54. The van der Waals surface area contributed by atoms with Gasteiger partial charge in [0.15, 0.2) is 5.75 Å². The summed E-state index contributed by atoms with van der Waals surface area (Å²) in [6.45, 7) is 3.09. The summed E-state index contributed by atoms with van der Waals surface area (Å²) in [5.41, 5.74) is 1.53. The molecular formula is C22H16N4O5. The zero-order chi connectivity index (χ0) is 21.9. The number of aromatic amines is 1. The maximum atomic E-state index is 13.0. The molecular weight excluding hydrogens is 400 g/mol. The van der Waals surface area contributed by atoms with Gasteiger partial charge in [-0.15, -0.1) is 0 Å². The number of rotatable bonds is 2. The van der Waals surface area contributed by atoms with Crippen LogP contribution in [-0.4, -0.2) is 25.4 Å². The number of para-hydroxylation sites is 1. The quantitative estimate of drug-likeness (QED) is 0.344. The Hall–Kier alpha value is -4.27. The maximum Gasteiger partial charge on any atom is 0.269 e. The molecule has 0 saturated heterocycles. The van der Waals surface area contributed by atoms with Crippen molar-refractivity contribution in [2.45, 2.75) is 19.8 Å². The minimum absolute atomic E-state index is 0.0701. The highest BCUT2D eigenvalue weighted by Gasteiger charge is 2.38. The number of nitro groups is 1. The largest absolute Gasteiger partial charge is 0.436 e. The average Bonchev–Trinajstić information content (AvgIpc) is 3.06. The average molecular weight is 416 g/mol. The molecule has 4 aromatic rings. The number of aromatic nitrogens is 3. The highest BCUT2D eigenvalue weighted by molar-refractivity contribution is 5.98. The zero-order valence-corrected chi connectivity index (χ0v) is 16.6. The smallest absolute Gasteiger partial charge is 0.269 e. The second-order valence-corrected chi connectivity index (χ2v) is 7.34. The normalized spacial score (nSPS) is 14.6. The Balaban J connectivity index is 1.89. The van der Waals surface area contributed by atoms with Crippen LogP contribution in [0, 0.1) is 17.0 Å². The third-order valence-electron chi connectivity index (χ3n) is 5.41. The van der Waals surface area contributed by atoms with E-state index in [-0.39, 0.29) is 23.0 Å². The number of carbonyl (C=O) groups is 1. The molecule has 0 aliphatic carbocycles. The predicted molar refractivity (Wildman–Crippen MR) is 112 cm³/mol. The van der Waals surface area contributed by atoms with Crippen LogP contribution < -0.4 is 10.3 Å². The summed E-state index contributed by atoms with van der Waals surface area (Å²) in [5, 5.41) is 11.8. The first-order valence-corrected chi connectivity index (χ1v) is 9.54. The molecule has 5 rings (SSSR count). The van der Waals surface area contributed by atoms with Crippen LogP contribution in [0.3, 0.4) is 0 Å². The third-order valence-corrected chi connectivity index (χ3v) is 5.41. The van der Waals surface area contributed by atoms with E-state index < -0.39 is 16.4 Å². The molecule has 0 saturated carbocycles. The van der Waals surface area contributed by atoms with Gasteiger partial charge in [0.2, 0.25) is 11.8 Å². The molecule has 31 heavy (non-hydrogen) atoms. The lowest BCUT2D eigenvalue weighted by atomic mass is 9.87. The molecule has 0 amide bonds. The van der Waals surface area contributed by atoms with Crippen LogP contribution in [0.5, 0.6) is 11.6 Å². The van der Waals surface area contributed by atoms with Gasteiger partial charge in [0.05, 0.1) is 27.6 Å². The summed E-state index contributed by atoms with van der Waals surface area (Å²) in [6, 6.07) is 13.2. The number of nitrogens with zero attached hydrogens (tertiary/aromatic N) is 3. The Morgan fingerprint density at radius 2 is 1.90 bits per heavy atom. The minimum atomic E-state index is -0.701. The second kappa shape index (κ2) is 6.63. The molecule has 1 atom stereocenters. The standard InChI is InChI=1S/C22H16N4O5/c1-11-23-21(28)18-17(13-7-9-14(10-8-13)26(29)30)19-20(31-22(18)24-11)15-5-3-4-6-16(15)25(19)12(2)27/h3-10,17H,1-2H3,(H,23,24,28). The Bertz CT molecular complexity index is 1450. The number of benzene rings is 2. The molecule has 0 radical (unpaired) electrons. The molecule has 9 nitrogen and oxygen atoms in total. The van der Waals surface area contributed by atoms with Crippen molar-refractivity contribution >= 4 is 22.5 Å². The summed E-state index contributed by atoms with van der Waals surface area (Å²) in [7, 11) is 0. The Labute approximate surface area is 175 Å². The van der Waals surface area contributed by atoms with E-state index in [0.717, 1.165) is 0 Å². The van der Waals surface area contributed by atoms with E-state index in [2.05, 4.69) is 9.97 Å². The van der Waals surface area contributed by atoms with Crippen molar-refractivity contribution in [3.63, 3.8) is 0 Å². The topological polar surface area (TPSA) is 120 Å². The van der Waals surface area contributed by atoms with E-state index in [1.807, 2.05) is 18.2 Å². The van der Waals surface area contributed by atoms with Crippen LogP contribution in [0.1, 0.15) is 40.3 Å². The van der Waals surface area contributed by atoms with E-state index >= 15 is 0 Å². The lowest BCUT2D eigenvalue weighted by molar-refractivity contribution is -0.384. The van der Waals surface area contributed by atoms with E-state index in [9.17, 15) is 19.7 Å². The van der Waals surface area contributed by atoms with Gasteiger partial charge in [0, 0.05) is 24.4 Å². The van der Waals surface area contributed by atoms with Crippen molar-refractivity contribution in [1.29, 1.82) is 0 Å². The van der Waals surface area contributed by atoms with Gasteiger partial charge in [-0.05, 0) is 24.6 Å². The summed E-state index contributed by atoms with van der Waals surface area (Å²) < 4.78 is 7.61. The van der Waals surface area contributed by atoms with Gasteiger partial charge in [0.1, 0.15) is 5.82 Å². The highest BCUT2D eigenvalue weighted by atomic mass is 16.6. The molecule has 0 spiro atoms. The molecule has 1 aliphatic heterocycles. The Morgan fingerprint density at radius 3 is 2.58 bits per heavy atom. The molecule has 154 valence electrons. The van der Waals surface area contributed by atoms with Gasteiger partial charge in [-0.1, -0.05) is 24.3 Å². The lowest BCUT2D eigenvalue weighted by Gasteiger charge is -2.26. The van der Waals surface area contributed by atoms with Gasteiger partial charge in [-0.25, -0.2) is 0 Å². The van der Waals surface area contributed by atoms with Crippen LogP contribution in [-0.2, 0) is 0 Å². The minimum Gasteiger partial charge on any atom is -0.436 e. The number of non-ortho nitro benzene ring substituents is 1. The van der Waals surface area contributed by atoms with Crippen molar-refractivity contribution in [3.8, 4) is 11.6 Å². The summed E-state index contributed by atoms with van der Waals surface area (Å²) >= 11 is 0. The molecule has 0 bridgehead atoms. The van der Waals surface area contributed by atoms with Crippen LogP contribution in [0.4, 0.5) is 5.69 Å². The fourth-order valence-electron chi connectivity index (χ4n) is 4.18. The molecule has 1 unspecified atom stereocenters. The molecule has 9 heteroatoms. The van der Waals surface area contributed by atoms with Gasteiger partial charge in [-0.2, -0.15) is 4.98 Å². The zero-order valence-electron chi connectivity index (χ0n) is 16.6. The van der Waals surface area contributed by atoms with Crippen molar-refractivity contribution in [2.24, 2.45) is 0 Å². The number of H-pyrrole nitrogens is 1. The van der Waals surface area contributed by atoms with Gasteiger partial charge in [-0.3, -0.25) is 24.3 Å². The van der Waals surface area contributed by atoms with Crippen molar-refractivity contribution < 1.29 is 14.5 Å². The van der Waals surface area contributed by atoms with Crippen LogP contribution in [0.15, 0.2) is 53.3 Å². The molecule has 0 fully saturated rings. The van der Waals surface area contributed by atoms with Crippen molar-refractivity contribution in [3.05, 3.63) is 91.6 Å². The summed E-state index contributed by atoms with van der Waals surface area (Å²) in [5.74, 6) is 0.0493. The number of ether oxygens (including phenoxy) is 1. The summed E-state index contributed by atoms with van der Waals surface area (Å²) in [6.07, 6.45) is 0. The number of nitrogens with one attached hydrogen (secondary N) is 1. The fourth-order valence-corrected chi connectivity index (χ4v) is 4.18. The van der Waals surface area contributed by atoms with E-state index in [1.54, 1.807) is 25.1 Å². The molecule has 2 aromatic heterocycles. The fraction of sp³-hybridized carbons (Fsp3) is 0.136. The van der Waals surface area contributed by atoms with Gasteiger partial charge < -0.3 is 9.72 Å². The monoisotopic (exact) mass is 416 g/mol. The molecule has 3 heterocycles. The van der Waals surface area contributed by atoms with Crippen molar-refractivity contribution in [1.82, 2.24) is 14.5 Å². The Kier molecular flexibility index (Phi) is 4.01. The SMILES string of the molecule is CC(=O)n1c2c(c3ccccc31)Oc1nc(C)[nH]c(=O)c1C2c1ccc([N+](=O)[O-])cc1. The molecule has 2 aromatic carbocycles. The number of carbonyl (C=O) groups excluding carboxylic acids is 1. The maximum absolute atomic E-state index is 13.0.